The standard InChI is InChI=1S/C18H17F3N2O2S/c1-17-8-7-15(24)23(17)14(11-26-17)16(25)22-9-3-5-12-4-2-6-13(10-12)18(19,20)21/h2,4,6,10,14H,7-9,11H2,1H3,(H,22,25). The van der Waals surface area contributed by atoms with Gasteiger partial charge in [-0.3, -0.25) is 9.59 Å². The Bertz CT molecular complexity index is 800. The van der Waals surface area contributed by atoms with Crippen LogP contribution in [0.15, 0.2) is 24.3 Å². The largest absolute Gasteiger partial charge is 0.416 e. The number of fused-ring (bicyclic) bond motifs is 1. The van der Waals surface area contributed by atoms with Crippen molar-refractivity contribution in [3.8, 4) is 11.8 Å². The molecule has 2 amide bonds. The monoisotopic (exact) mass is 382 g/mol. The summed E-state index contributed by atoms with van der Waals surface area (Å²) in [4.78, 5) is 25.7. The second-order valence-corrected chi connectivity index (χ2v) is 7.87. The summed E-state index contributed by atoms with van der Waals surface area (Å²) in [5, 5.41) is 2.65. The zero-order valence-corrected chi connectivity index (χ0v) is 14.8. The first-order valence-corrected chi connectivity index (χ1v) is 9.09. The van der Waals surface area contributed by atoms with Crippen molar-refractivity contribution in [2.24, 2.45) is 0 Å². The molecule has 0 saturated carbocycles. The van der Waals surface area contributed by atoms with Crippen molar-refractivity contribution in [2.45, 2.75) is 36.9 Å². The Morgan fingerprint density at radius 3 is 2.96 bits per heavy atom. The van der Waals surface area contributed by atoms with Gasteiger partial charge in [0.05, 0.1) is 17.0 Å². The molecular formula is C18H17F3N2O2S. The van der Waals surface area contributed by atoms with Crippen LogP contribution in [0, 0.1) is 11.8 Å². The molecule has 2 aliphatic rings. The van der Waals surface area contributed by atoms with Crippen molar-refractivity contribution in [1.29, 1.82) is 0 Å². The molecule has 0 radical (unpaired) electrons. The van der Waals surface area contributed by atoms with Crippen LogP contribution < -0.4 is 5.32 Å². The normalized spacial score (nSPS) is 24.8. The second-order valence-electron chi connectivity index (χ2n) is 6.36. The lowest BCUT2D eigenvalue weighted by atomic mass is 10.1. The van der Waals surface area contributed by atoms with E-state index in [0.29, 0.717) is 12.2 Å². The molecule has 26 heavy (non-hydrogen) atoms. The van der Waals surface area contributed by atoms with E-state index in [9.17, 15) is 22.8 Å². The fraction of sp³-hybridized carbons (Fsp3) is 0.444. The van der Waals surface area contributed by atoms with E-state index >= 15 is 0 Å². The van der Waals surface area contributed by atoms with Crippen LogP contribution in [0.4, 0.5) is 13.2 Å². The number of nitrogens with one attached hydrogen (secondary N) is 1. The van der Waals surface area contributed by atoms with Crippen molar-refractivity contribution in [2.75, 3.05) is 12.3 Å². The number of amides is 2. The van der Waals surface area contributed by atoms with Crippen molar-refractivity contribution >= 4 is 23.6 Å². The lowest BCUT2D eigenvalue weighted by Gasteiger charge is -2.29. The van der Waals surface area contributed by atoms with E-state index in [1.807, 2.05) is 6.92 Å². The molecule has 1 aromatic rings. The summed E-state index contributed by atoms with van der Waals surface area (Å²) in [7, 11) is 0. The highest BCUT2D eigenvalue weighted by atomic mass is 32.2. The minimum atomic E-state index is -4.42. The molecular weight excluding hydrogens is 365 g/mol. The molecule has 138 valence electrons. The minimum absolute atomic E-state index is 0.00892. The predicted octanol–water partition coefficient (Wildman–Crippen LogP) is 2.63. The number of benzene rings is 1. The molecule has 2 aliphatic heterocycles. The van der Waals surface area contributed by atoms with Crippen LogP contribution in [0.5, 0.6) is 0 Å². The van der Waals surface area contributed by atoms with E-state index in [-0.39, 0.29) is 28.8 Å². The van der Waals surface area contributed by atoms with Crippen LogP contribution in [0.2, 0.25) is 0 Å². The fourth-order valence-corrected chi connectivity index (χ4v) is 4.62. The summed E-state index contributed by atoms with van der Waals surface area (Å²) in [6.45, 7) is 1.97. The molecule has 2 fully saturated rings. The summed E-state index contributed by atoms with van der Waals surface area (Å²) in [5.41, 5.74) is -0.532. The molecule has 2 unspecified atom stereocenters. The van der Waals surface area contributed by atoms with Crippen molar-refractivity contribution in [3.05, 3.63) is 35.4 Å². The number of hydrogen-bond donors (Lipinski definition) is 1. The SMILES string of the molecule is CC12CCC(=O)N1C(C(=O)NCC#Cc1cccc(C(F)(F)F)c1)CS2. The van der Waals surface area contributed by atoms with E-state index in [2.05, 4.69) is 17.2 Å². The maximum Gasteiger partial charge on any atom is 0.416 e. The van der Waals surface area contributed by atoms with Gasteiger partial charge < -0.3 is 10.2 Å². The number of thioether (sulfide) groups is 1. The molecule has 2 atom stereocenters. The molecule has 4 nitrogen and oxygen atoms in total. The fourth-order valence-electron chi connectivity index (χ4n) is 3.18. The number of hydrogen-bond acceptors (Lipinski definition) is 3. The molecule has 0 bridgehead atoms. The quantitative estimate of drug-likeness (QED) is 0.800. The van der Waals surface area contributed by atoms with E-state index in [1.54, 1.807) is 16.7 Å². The highest BCUT2D eigenvalue weighted by Crippen LogP contribution is 2.47. The third kappa shape index (κ3) is 3.68. The van der Waals surface area contributed by atoms with Crippen molar-refractivity contribution < 1.29 is 22.8 Å². The van der Waals surface area contributed by atoms with Gasteiger partial charge in [0.2, 0.25) is 11.8 Å². The Balaban J connectivity index is 1.59. The zero-order chi connectivity index (χ0) is 18.9. The van der Waals surface area contributed by atoms with Gasteiger partial charge in [-0.25, -0.2) is 0 Å². The van der Waals surface area contributed by atoms with Gasteiger partial charge in [-0.05, 0) is 31.5 Å². The predicted molar refractivity (Wildman–Crippen MR) is 92.1 cm³/mol. The molecule has 1 N–H and O–H groups in total. The first-order chi connectivity index (χ1) is 12.2. The van der Waals surface area contributed by atoms with Gasteiger partial charge in [0.25, 0.3) is 0 Å². The van der Waals surface area contributed by atoms with E-state index < -0.39 is 17.8 Å². The highest BCUT2D eigenvalue weighted by Gasteiger charge is 2.52. The maximum atomic E-state index is 12.7. The molecule has 1 aromatic carbocycles. The highest BCUT2D eigenvalue weighted by molar-refractivity contribution is 8.01. The number of carbonyl (C=O) groups is 2. The van der Waals surface area contributed by atoms with Crippen molar-refractivity contribution in [1.82, 2.24) is 10.2 Å². The van der Waals surface area contributed by atoms with Gasteiger partial charge in [0, 0.05) is 17.7 Å². The third-order valence-corrected chi connectivity index (χ3v) is 6.03. The van der Waals surface area contributed by atoms with Crippen LogP contribution in [-0.4, -0.2) is 39.9 Å². The van der Waals surface area contributed by atoms with Gasteiger partial charge in [0.1, 0.15) is 6.04 Å². The summed E-state index contributed by atoms with van der Waals surface area (Å²) in [5.74, 6) is 5.50. The molecule has 0 spiro atoms. The van der Waals surface area contributed by atoms with Crippen LogP contribution in [0.1, 0.15) is 30.9 Å². The van der Waals surface area contributed by atoms with Gasteiger partial charge in [-0.2, -0.15) is 13.2 Å². The second kappa shape index (κ2) is 6.88. The van der Waals surface area contributed by atoms with E-state index in [0.717, 1.165) is 18.6 Å². The van der Waals surface area contributed by atoms with E-state index in [4.69, 9.17) is 0 Å². The Labute approximate surface area is 153 Å². The number of alkyl halides is 3. The maximum absolute atomic E-state index is 12.7. The first-order valence-electron chi connectivity index (χ1n) is 8.11. The van der Waals surface area contributed by atoms with Gasteiger partial charge in [-0.1, -0.05) is 17.9 Å². The Morgan fingerprint density at radius 2 is 2.23 bits per heavy atom. The number of nitrogens with zero attached hydrogens (tertiary/aromatic N) is 1. The van der Waals surface area contributed by atoms with Crippen LogP contribution >= 0.6 is 11.8 Å². The summed E-state index contributed by atoms with van der Waals surface area (Å²) < 4.78 is 38.0. The number of carbonyl (C=O) groups excluding carboxylic acids is 2. The molecule has 2 saturated heterocycles. The number of halogens is 3. The first kappa shape index (κ1) is 18.6. The summed E-state index contributed by atoms with van der Waals surface area (Å²) in [6, 6.07) is 4.20. The Kier molecular flexibility index (Phi) is 4.93. The summed E-state index contributed by atoms with van der Waals surface area (Å²) in [6.07, 6.45) is -3.24. The lowest BCUT2D eigenvalue weighted by Crippen LogP contribution is -2.50. The lowest BCUT2D eigenvalue weighted by molar-refractivity contribution is -0.137. The van der Waals surface area contributed by atoms with Crippen LogP contribution in [0.3, 0.4) is 0 Å². The average Bonchev–Trinajstić information content (AvgIpc) is 3.07. The summed E-state index contributed by atoms with van der Waals surface area (Å²) >= 11 is 1.60. The smallest absolute Gasteiger partial charge is 0.343 e. The third-order valence-electron chi connectivity index (χ3n) is 4.52. The molecule has 0 aromatic heterocycles. The molecule has 3 rings (SSSR count). The van der Waals surface area contributed by atoms with Crippen LogP contribution in [-0.2, 0) is 15.8 Å². The van der Waals surface area contributed by atoms with Gasteiger partial charge in [0.15, 0.2) is 0 Å². The Hall–Kier alpha value is -2.14. The Morgan fingerprint density at radius 1 is 1.46 bits per heavy atom. The number of rotatable bonds is 2. The molecule has 8 heteroatoms. The minimum Gasteiger partial charge on any atom is -0.343 e. The van der Waals surface area contributed by atoms with Gasteiger partial charge in [-0.15, -0.1) is 11.8 Å². The van der Waals surface area contributed by atoms with Crippen molar-refractivity contribution in [3.63, 3.8) is 0 Å². The molecule has 0 aliphatic carbocycles. The van der Waals surface area contributed by atoms with Gasteiger partial charge >= 0.3 is 6.18 Å². The zero-order valence-electron chi connectivity index (χ0n) is 14.0. The van der Waals surface area contributed by atoms with E-state index in [1.165, 1.54) is 12.1 Å². The molecule has 2 heterocycles. The van der Waals surface area contributed by atoms with Crippen LogP contribution in [0.25, 0.3) is 0 Å². The average molecular weight is 382 g/mol. The topological polar surface area (TPSA) is 49.4 Å².